The molecule has 0 fully saturated rings. The summed E-state index contributed by atoms with van der Waals surface area (Å²) in [5.74, 6) is 0. The highest BCUT2D eigenvalue weighted by molar-refractivity contribution is 7.13. The standard InChI is InChI=1S/C5H3ClN4S/c6-4-1-2-11-5(4)10-3-7-8-9-10/h1-3H. The molecule has 0 aromatic carbocycles. The Morgan fingerprint density at radius 2 is 2.45 bits per heavy atom. The maximum absolute atomic E-state index is 5.83. The van der Waals surface area contributed by atoms with Gasteiger partial charge in [0.1, 0.15) is 11.3 Å². The minimum absolute atomic E-state index is 0.669. The van der Waals surface area contributed by atoms with Gasteiger partial charge < -0.3 is 0 Å². The average Bonchev–Trinajstić information content (AvgIpc) is 2.55. The lowest BCUT2D eigenvalue weighted by Gasteiger charge is -1.91. The summed E-state index contributed by atoms with van der Waals surface area (Å²) < 4.78 is 1.53. The SMILES string of the molecule is Clc1ccsc1-n1cnnn1. The molecule has 0 saturated heterocycles. The van der Waals surface area contributed by atoms with Crippen LogP contribution >= 0.6 is 22.9 Å². The van der Waals surface area contributed by atoms with Gasteiger partial charge in [0.15, 0.2) is 0 Å². The molecular formula is C5H3ClN4S. The van der Waals surface area contributed by atoms with Gasteiger partial charge in [-0.3, -0.25) is 0 Å². The molecule has 56 valence electrons. The van der Waals surface area contributed by atoms with E-state index in [2.05, 4.69) is 15.5 Å². The lowest BCUT2D eigenvalue weighted by molar-refractivity contribution is 0.798. The van der Waals surface area contributed by atoms with E-state index in [1.54, 1.807) is 0 Å². The number of aromatic nitrogens is 4. The first-order valence-corrected chi connectivity index (χ1v) is 4.10. The second-order valence-corrected chi connectivity index (χ2v) is 3.13. The molecule has 0 radical (unpaired) electrons. The van der Waals surface area contributed by atoms with Gasteiger partial charge in [0.2, 0.25) is 0 Å². The van der Waals surface area contributed by atoms with Gasteiger partial charge in [-0.05, 0) is 21.9 Å². The third-order valence-corrected chi connectivity index (χ3v) is 2.47. The lowest BCUT2D eigenvalue weighted by atomic mass is 10.6. The molecule has 2 rings (SSSR count). The van der Waals surface area contributed by atoms with Crippen LogP contribution in [0.5, 0.6) is 0 Å². The van der Waals surface area contributed by atoms with Gasteiger partial charge in [0.05, 0.1) is 5.02 Å². The maximum atomic E-state index is 5.83. The predicted octanol–water partition coefficient (Wildman–Crippen LogP) is 1.38. The number of rotatable bonds is 1. The zero-order valence-electron chi connectivity index (χ0n) is 5.31. The van der Waals surface area contributed by atoms with Crippen LogP contribution in [0.4, 0.5) is 0 Å². The molecule has 0 saturated carbocycles. The number of thiophene rings is 1. The van der Waals surface area contributed by atoms with E-state index in [1.165, 1.54) is 22.3 Å². The van der Waals surface area contributed by atoms with Crippen molar-refractivity contribution in [1.29, 1.82) is 0 Å². The van der Waals surface area contributed by atoms with Crippen LogP contribution < -0.4 is 0 Å². The molecule has 0 amide bonds. The topological polar surface area (TPSA) is 43.6 Å². The van der Waals surface area contributed by atoms with Crippen molar-refractivity contribution in [2.75, 3.05) is 0 Å². The fourth-order valence-corrected chi connectivity index (χ4v) is 1.77. The van der Waals surface area contributed by atoms with Crippen LogP contribution in [0.15, 0.2) is 17.8 Å². The molecular weight excluding hydrogens is 184 g/mol. The van der Waals surface area contributed by atoms with Crippen molar-refractivity contribution in [3.05, 3.63) is 22.8 Å². The summed E-state index contributed by atoms with van der Waals surface area (Å²) in [5.41, 5.74) is 0. The van der Waals surface area contributed by atoms with E-state index in [0.717, 1.165) is 5.00 Å². The fourth-order valence-electron chi connectivity index (χ4n) is 0.704. The Kier molecular flexibility index (Phi) is 1.59. The molecule has 2 heterocycles. The fraction of sp³-hybridized carbons (Fsp3) is 0. The highest BCUT2D eigenvalue weighted by Crippen LogP contribution is 2.24. The second kappa shape index (κ2) is 2.60. The summed E-state index contributed by atoms with van der Waals surface area (Å²) in [6.45, 7) is 0. The molecule has 0 bridgehead atoms. The van der Waals surface area contributed by atoms with Crippen LogP contribution in [0.3, 0.4) is 0 Å². The van der Waals surface area contributed by atoms with Crippen LogP contribution in [0, 0.1) is 0 Å². The summed E-state index contributed by atoms with van der Waals surface area (Å²) in [6, 6.07) is 1.81. The number of nitrogens with zero attached hydrogens (tertiary/aromatic N) is 4. The first kappa shape index (κ1) is 6.75. The summed E-state index contributed by atoms with van der Waals surface area (Å²) in [6.07, 6.45) is 1.51. The zero-order valence-corrected chi connectivity index (χ0v) is 6.88. The molecule has 2 aromatic rings. The summed E-state index contributed by atoms with van der Waals surface area (Å²) in [7, 11) is 0. The molecule has 0 aliphatic rings. The number of hydrogen-bond donors (Lipinski definition) is 0. The molecule has 2 aromatic heterocycles. The minimum Gasteiger partial charge on any atom is -0.189 e. The highest BCUT2D eigenvalue weighted by Gasteiger charge is 2.03. The normalized spacial score (nSPS) is 10.3. The molecule has 0 aliphatic heterocycles. The third-order valence-electron chi connectivity index (χ3n) is 1.16. The van der Waals surface area contributed by atoms with E-state index in [-0.39, 0.29) is 0 Å². The molecule has 0 spiro atoms. The Labute approximate surface area is 71.4 Å². The maximum Gasteiger partial charge on any atom is 0.144 e. The Balaban J connectivity index is 2.53. The Hall–Kier alpha value is -0.940. The largest absolute Gasteiger partial charge is 0.189 e. The predicted molar refractivity (Wildman–Crippen MR) is 42.0 cm³/mol. The van der Waals surface area contributed by atoms with Crippen LogP contribution in [0.2, 0.25) is 5.02 Å². The molecule has 11 heavy (non-hydrogen) atoms. The molecule has 4 nitrogen and oxygen atoms in total. The van der Waals surface area contributed by atoms with Gasteiger partial charge in [-0.2, -0.15) is 4.68 Å². The van der Waals surface area contributed by atoms with Gasteiger partial charge in [-0.15, -0.1) is 16.4 Å². The van der Waals surface area contributed by atoms with Crippen molar-refractivity contribution in [1.82, 2.24) is 20.2 Å². The van der Waals surface area contributed by atoms with E-state index < -0.39 is 0 Å². The van der Waals surface area contributed by atoms with Crippen molar-refractivity contribution in [2.45, 2.75) is 0 Å². The van der Waals surface area contributed by atoms with Gasteiger partial charge in [-0.25, -0.2) is 0 Å². The van der Waals surface area contributed by atoms with Crippen molar-refractivity contribution >= 4 is 22.9 Å². The van der Waals surface area contributed by atoms with E-state index in [9.17, 15) is 0 Å². The Bertz CT molecular complexity index is 341. The number of tetrazole rings is 1. The van der Waals surface area contributed by atoms with Crippen molar-refractivity contribution in [3.63, 3.8) is 0 Å². The number of halogens is 1. The summed E-state index contributed by atoms with van der Waals surface area (Å²) >= 11 is 7.32. The number of hydrogen-bond acceptors (Lipinski definition) is 4. The second-order valence-electron chi connectivity index (χ2n) is 1.83. The molecule has 0 unspecified atom stereocenters. The minimum atomic E-state index is 0.669. The smallest absolute Gasteiger partial charge is 0.144 e. The van der Waals surface area contributed by atoms with E-state index in [1.807, 2.05) is 11.4 Å². The average molecular weight is 187 g/mol. The molecule has 0 aliphatic carbocycles. The van der Waals surface area contributed by atoms with Gasteiger partial charge in [0.25, 0.3) is 0 Å². The van der Waals surface area contributed by atoms with Gasteiger partial charge >= 0.3 is 0 Å². The van der Waals surface area contributed by atoms with Crippen LogP contribution in [0.25, 0.3) is 5.00 Å². The highest BCUT2D eigenvalue weighted by atomic mass is 35.5. The van der Waals surface area contributed by atoms with Crippen LogP contribution in [-0.2, 0) is 0 Å². The van der Waals surface area contributed by atoms with Crippen molar-refractivity contribution in [3.8, 4) is 5.00 Å². The zero-order chi connectivity index (χ0) is 7.68. The van der Waals surface area contributed by atoms with Crippen molar-refractivity contribution in [2.24, 2.45) is 0 Å². The van der Waals surface area contributed by atoms with Gasteiger partial charge in [-0.1, -0.05) is 11.6 Å². The quantitative estimate of drug-likeness (QED) is 0.676. The molecule has 0 atom stereocenters. The monoisotopic (exact) mass is 186 g/mol. The Morgan fingerprint density at radius 3 is 3.00 bits per heavy atom. The molecule has 6 heteroatoms. The van der Waals surface area contributed by atoms with E-state index >= 15 is 0 Å². The van der Waals surface area contributed by atoms with E-state index in [4.69, 9.17) is 11.6 Å². The lowest BCUT2D eigenvalue weighted by Crippen LogP contribution is -1.91. The Morgan fingerprint density at radius 1 is 1.55 bits per heavy atom. The summed E-state index contributed by atoms with van der Waals surface area (Å²) in [5, 5.41) is 14.1. The van der Waals surface area contributed by atoms with Crippen LogP contribution in [-0.4, -0.2) is 20.2 Å². The molecule has 0 N–H and O–H groups in total. The van der Waals surface area contributed by atoms with E-state index in [0.29, 0.717) is 5.02 Å². The van der Waals surface area contributed by atoms with Gasteiger partial charge in [0, 0.05) is 0 Å². The third kappa shape index (κ3) is 1.12. The van der Waals surface area contributed by atoms with Crippen LogP contribution in [0.1, 0.15) is 0 Å². The summed E-state index contributed by atoms with van der Waals surface area (Å²) in [4.78, 5) is 0. The first-order chi connectivity index (χ1) is 5.38. The van der Waals surface area contributed by atoms with Crippen molar-refractivity contribution < 1.29 is 0 Å². The first-order valence-electron chi connectivity index (χ1n) is 2.84.